The first kappa shape index (κ1) is 32.4. The molecule has 236 valence electrons. The molecule has 6 nitrogen and oxygen atoms in total. The Morgan fingerprint density at radius 2 is 1.77 bits per heavy atom. The molecule has 44 heavy (non-hydrogen) atoms. The van der Waals surface area contributed by atoms with E-state index in [0.717, 1.165) is 73.5 Å². The van der Waals surface area contributed by atoms with E-state index in [4.69, 9.17) is 21.3 Å². The number of piperidine rings is 1. The summed E-state index contributed by atoms with van der Waals surface area (Å²) in [4.78, 5) is 22.4. The van der Waals surface area contributed by atoms with Crippen molar-refractivity contribution in [3.8, 4) is 11.1 Å². The van der Waals surface area contributed by atoms with Crippen LogP contribution in [0.1, 0.15) is 87.2 Å². The van der Waals surface area contributed by atoms with E-state index in [2.05, 4.69) is 41.8 Å². The van der Waals surface area contributed by atoms with E-state index in [9.17, 15) is 14.3 Å². The van der Waals surface area contributed by atoms with Crippen LogP contribution in [-0.4, -0.2) is 46.2 Å². The summed E-state index contributed by atoms with van der Waals surface area (Å²) in [5.41, 5.74) is 8.11. The van der Waals surface area contributed by atoms with Crippen LogP contribution in [0.15, 0.2) is 36.4 Å². The van der Waals surface area contributed by atoms with Crippen molar-refractivity contribution in [1.82, 2.24) is 9.88 Å². The Morgan fingerprint density at radius 3 is 2.41 bits per heavy atom. The number of pyridine rings is 1. The van der Waals surface area contributed by atoms with Crippen LogP contribution >= 0.6 is 11.6 Å². The van der Waals surface area contributed by atoms with Gasteiger partial charge in [0.25, 0.3) is 0 Å². The fraction of sp³-hybridized carbons (Fsp3) is 0.500. The summed E-state index contributed by atoms with van der Waals surface area (Å²) < 4.78 is 20.2. The lowest BCUT2D eigenvalue weighted by atomic mass is 9.81. The number of fused-ring (bicyclic) bond motifs is 1. The second-order valence-electron chi connectivity index (χ2n) is 14.2. The Balaban J connectivity index is 1.56. The zero-order valence-electron chi connectivity index (χ0n) is 27.1. The van der Waals surface area contributed by atoms with Gasteiger partial charge in [0, 0.05) is 60.3 Å². The number of aryl methyl sites for hydroxylation is 2. The van der Waals surface area contributed by atoms with Crippen LogP contribution in [0.25, 0.3) is 11.1 Å². The SMILES string of the molecule is Cc1nc(C)c(C(OC(C)(C)C)C(=O)O)c(N2CCC(C)(C)CC2)c1-c1ccc2c(c1)CCN(Cc1cc(F)cc(Cl)c1)C2. The third-order valence-corrected chi connectivity index (χ3v) is 9.10. The average molecular weight is 622 g/mol. The number of anilines is 1. The number of carbonyl (C=O) groups is 1. The van der Waals surface area contributed by atoms with Gasteiger partial charge in [0.15, 0.2) is 6.10 Å². The summed E-state index contributed by atoms with van der Waals surface area (Å²) >= 11 is 6.10. The molecule has 3 aromatic rings. The van der Waals surface area contributed by atoms with E-state index in [1.165, 1.54) is 17.2 Å². The molecule has 2 aromatic carbocycles. The molecule has 1 unspecified atom stereocenters. The van der Waals surface area contributed by atoms with E-state index in [-0.39, 0.29) is 11.2 Å². The lowest BCUT2D eigenvalue weighted by Crippen LogP contribution is -2.39. The minimum atomic E-state index is -1.14. The summed E-state index contributed by atoms with van der Waals surface area (Å²) in [6.07, 6.45) is 1.74. The van der Waals surface area contributed by atoms with Gasteiger partial charge in [0.1, 0.15) is 5.82 Å². The Kier molecular flexibility index (Phi) is 9.14. The lowest BCUT2D eigenvalue weighted by molar-refractivity contribution is -0.160. The number of ether oxygens (including phenoxy) is 1. The second-order valence-corrected chi connectivity index (χ2v) is 14.7. The molecule has 2 aliphatic heterocycles. The molecule has 1 fully saturated rings. The molecule has 0 aliphatic carbocycles. The standard InChI is InChI=1S/C36H45ClFN3O3/c1-22-30(26-8-9-27-21-40(13-10-25(27)18-26)20-24-16-28(37)19-29(38)17-24)32(41-14-11-36(6,7)12-15-41)31(23(2)39-22)33(34(42)43)44-35(3,4)5/h8-9,16-19,33H,10-15,20-21H2,1-7H3,(H,42,43). The van der Waals surface area contributed by atoms with Gasteiger partial charge in [0.2, 0.25) is 0 Å². The Labute approximate surface area is 266 Å². The molecule has 0 spiro atoms. The van der Waals surface area contributed by atoms with Crippen molar-refractivity contribution >= 4 is 23.3 Å². The highest BCUT2D eigenvalue weighted by atomic mass is 35.5. The number of hydrogen-bond acceptors (Lipinski definition) is 5. The van der Waals surface area contributed by atoms with Gasteiger partial charge in [-0.05, 0) is 99.7 Å². The van der Waals surface area contributed by atoms with Crippen molar-refractivity contribution in [1.29, 1.82) is 0 Å². The van der Waals surface area contributed by atoms with Crippen molar-refractivity contribution in [2.24, 2.45) is 5.41 Å². The quantitative estimate of drug-likeness (QED) is 0.286. The van der Waals surface area contributed by atoms with E-state index < -0.39 is 17.7 Å². The van der Waals surface area contributed by atoms with Gasteiger partial charge in [-0.3, -0.25) is 9.88 Å². The highest BCUT2D eigenvalue weighted by Crippen LogP contribution is 2.45. The first-order chi connectivity index (χ1) is 20.6. The van der Waals surface area contributed by atoms with Gasteiger partial charge >= 0.3 is 5.97 Å². The monoisotopic (exact) mass is 621 g/mol. The predicted molar refractivity (Wildman–Crippen MR) is 175 cm³/mol. The molecule has 8 heteroatoms. The van der Waals surface area contributed by atoms with Crippen LogP contribution in [0.4, 0.5) is 10.1 Å². The summed E-state index contributed by atoms with van der Waals surface area (Å²) in [5, 5.41) is 10.9. The molecule has 0 radical (unpaired) electrons. The van der Waals surface area contributed by atoms with Gasteiger partial charge < -0.3 is 14.7 Å². The fourth-order valence-corrected chi connectivity index (χ4v) is 6.86. The topological polar surface area (TPSA) is 65.9 Å². The molecule has 1 N–H and O–H groups in total. The summed E-state index contributed by atoms with van der Waals surface area (Å²) in [7, 11) is 0. The van der Waals surface area contributed by atoms with Crippen LogP contribution in [-0.2, 0) is 29.0 Å². The normalized spacial score (nSPS) is 17.8. The molecular weight excluding hydrogens is 577 g/mol. The summed E-state index contributed by atoms with van der Waals surface area (Å²) in [5.74, 6) is -1.33. The third-order valence-electron chi connectivity index (χ3n) is 8.88. The molecule has 0 saturated carbocycles. The van der Waals surface area contributed by atoms with Crippen molar-refractivity contribution in [2.75, 3.05) is 24.5 Å². The van der Waals surface area contributed by atoms with Gasteiger partial charge in [-0.15, -0.1) is 0 Å². The highest BCUT2D eigenvalue weighted by molar-refractivity contribution is 6.30. The molecule has 0 bridgehead atoms. The highest BCUT2D eigenvalue weighted by Gasteiger charge is 2.36. The Bertz CT molecular complexity index is 1530. The zero-order chi connectivity index (χ0) is 32.0. The van der Waals surface area contributed by atoms with E-state index in [1.807, 2.05) is 40.7 Å². The molecule has 3 heterocycles. The number of benzene rings is 2. The van der Waals surface area contributed by atoms with E-state index >= 15 is 0 Å². The van der Waals surface area contributed by atoms with Crippen LogP contribution in [0.2, 0.25) is 5.02 Å². The molecule has 5 rings (SSSR count). The first-order valence-corrected chi connectivity index (χ1v) is 15.9. The maximum atomic E-state index is 13.9. The molecule has 1 aromatic heterocycles. The number of halogens is 2. The second kappa shape index (κ2) is 12.4. The number of rotatable bonds is 7. The molecule has 0 amide bonds. The first-order valence-electron chi connectivity index (χ1n) is 15.6. The third kappa shape index (κ3) is 7.27. The van der Waals surface area contributed by atoms with Crippen molar-refractivity contribution in [2.45, 2.75) is 92.5 Å². The summed E-state index contributed by atoms with van der Waals surface area (Å²) in [6, 6.07) is 11.3. The number of hydrogen-bond donors (Lipinski definition) is 1. The average Bonchev–Trinajstić information content (AvgIpc) is 2.90. The predicted octanol–water partition coefficient (Wildman–Crippen LogP) is 8.28. The van der Waals surface area contributed by atoms with Crippen LogP contribution in [0.3, 0.4) is 0 Å². The molecule has 1 saturated heterocycles. The van der Waals surface area contributed by atoms with E-state index in [1.54, 1.807) is 6.07 Å². The fourth-order valence-electron chi connectivity index (χ4n) is 6.62. The smallest absolute Gasteiger partial charge is 0.337 e. The lowest BCUT2D eigenvalue weighted by Gasteiger charge is -2.41. The Hall–Kier alpha value is -3.00. The minimum Gasteiger partial charge on any atom is -0.479 e. The maximum absolute atomic E-state index is 13.9. The number of aromatic nitrogens is 1. The van der Waals surface area contributed by atoms with Gasteiger partial charge in [-0.1, -0.05) is 43.6 Å². The van der Waals surface area contributed by atoms with Crippen LogP contribution < -0.4 is 4.90 Å². The number of aliphatic carboxylic acids is 1. The minimum absolute atomic E-state index is 0.233. The molecule has 1 atom stereocenters. The van der Waals surface area contributed by atoms with Crippen molar-refractivity contribution < 1.29 is 19.0 Å². The Morgan fingerprint density at radius 1 is 1.07 bits per heavy atom. The van der Waals surface area contributed by atoms with Crippen molar-refractivity contribution in [3.63, 3.8) is 0 Å². The zero-order valence-corrected chi connectivity index (χ0v) is 27.8. The van der Waals surface area contributed by atoms with Gasteiger partial charge in [-0.25, -0.2) is 9.18 Å². The molecular formula is C36H45ClFN3O3. The number of carboxylic acid groups (broad SMARTS) is 1. The van der Waals surface area contributed by atoms with Crippen molar-refractivity contribution in [3.05, 3.63) is 80.9 Å². The number of carboxylic acids is 1. The van der Waals surface area contributed by atoms with Crippen LogP contribution in [0, 0.1) is 25.1 Å². The van der Waals surface area contributed by atoms with Gasteiger partial charge in [0.05, 0.1) is 11.3 Å². The number of nitrogens with zero attached hydrogens (tertiary/aromatic N) is 3. The summed E-state index contributed by atoms with van der Waals surface area (Å²) in [6.45, 7) is 18.1. The van der Waals surface area contributed by atoms with E-state index in [0.29, 0.717) is 22.8 Å². The van der Waals surface area contributed by atoms with Gasteiger partial charge in [-0.2, -0.15) is 0 Å². The van der Waals surface area contributed by atoms with Crippen LogP contribution in [0.5, 0.6) is 0 Å². The largest absolute Gasteiger partial charge is 0.479 e. The molecule has 2 aliphatic rings. The maximum Gasteiger partial charge on any atom is 0.337 e.